The predicted octanol–water partition coefficient (Wildman–Crippen LogP) is 2.74. The molecule has 4 rings (SSSR count). The zero-order chi connectivity index (χ0) is 18.0. The van der Waals surface area contributed by atoms with Gasteiger partial charge in [-0.15, -0.1) is 0 Å². The molecule has 25 heavy (non-hydrogen) atoms. The third kappa shape index (κ3) is 1.79. The molecule has 130 valence electrons. The van der Waals surface area contributed by atoms with Gasteiger partial charge in [-0.1, -0.05) is 29.8 Å². The molecule has 3 aliphatic rings. The average Bonchev–Trinajstić information content (AvgIpc) is 3.18. The molecule has 0 amide bonds. The van der Waals surface area contributed by atoms with E-state index in [9.17, 15) is 13.8 Å². The Hall–Kier alpha value is -2.01. The number of fused-ring (bicyclic) bond motifs is 5. The average molecular weight is 356 g/mol. The van der Waals surface area contributed by atoms with Crippen LogP contribution in [0.1, 0.15) is 18.9 Å². The van der Waals surface area contributed by atoms with Gasteiger partial charge in [-0.05, 0) is 38.3 Å². The summed E-state index contributed by atoms with van der Waals surface area (Å²) in [5.41, 5.74) is 0.0544. The summed E-state index contributed by atoms with van der Waals surface area (Å²) in [5.74, 6) is -0.754. The van der Waals surface area contributed by atoms with Crippen molar-refractivity contribution in [3.05, 3.63) is 53.8 Å². The summed E-state index contributed by atoms with van der Waals surface area (Å²) in [4.78, 5) is 27.0. The number of hydrogen-bond acceptors (Lipinski definition) is 4. The molecule has 4 nitrogen and oxygen atoms in total. The minimum atomic E-state index is -1.66. The Morgan fingerprint density at radius 1 is 1.12 bits per heavy atom. The normalized spacial score (nSPS) is 37.0. The maximum Gasteiger partial charge on any atom is 0.218 e. The Kier molecular flexibility index (Phi) is 3.45. The maximum absolute atomic E-state index is 13.7. The SMILES string of the molecule is COC1=CC(=O)[C@]2(C)[C@@H]3C=C[C@@H](C3)[C@]2([S@@](=O)c2ccc(C)cc2)C1=O. The number of methoxy groups -OCH3 is 1. The first-order valence-electron chi connectivity index (χ1n) is 8.39. The lowest BCUT2D eigenvalue weighted by atomic mass is 9.62. The number of rotatable bonds is 3. The monoisotopic (exact) mass is 356 g/mol. The van der Waals surface area contributed by atoms with Crippen LogP contribution in [0.15, 0.2) is 53.1 Å². The zero-order valence-corrected chi connectivity index (χ0v) is 15.3. The molecular formula is C20H20O4S. The summed E-state index contributed by atoms with van der Waals surface area (Å²) in [5, 5.41) is 0. The van der Waals surface area contributed by atoms with Crippen molar-refractivity contribution in [1.82, 2.24) is 0 Å². The number of carbonyl (C=O) groups is 2. The Morgan fingerprint density at radius 2 is 1.76 bits per heavy atom. The quantitative estimate of drug-likeness (QED) is 0.782. The molecule has 1 aromatic rings. The third-order valence-electron chi connectivity index (χ3n) is 6.20. The van der Waals surface area contributed by atoms with E-state index in [1.165, 1.54) is 13.2 Å². The van der Waals surface area contributed by atoms with E-state index in [0.29, 0.717) is 11.3 Å². The van der Waals surface area contributed by atoms with Gasteiger partial charge < -0.3 is 4.74 Å². The van der Waals surface area contributed by atoms with Gasteiger partial charge in [-0.2, -0.15) is 0 Å². The number of allylic oxidation sites excluding steroid dienone is 4. The van der Waals surface area contributed by atoms with E-state index < -0.39 is 21.0 Å². The van der Waals surface area contributed by atoms with E-state index in [2.05, 4.69) is 0 Å². The minimum Gasteiger partial charge on any atom is -0.493 e. The second kappa shape index (κ2) is 5.24. The van der Waals surface area contributed by atoms with Crippen LogP contribution in [0.25, 0.3) is 0 Å². The Bertz CT molecular complexity index is 866. The largest absolute Gasteiger partial charge is 0.493 e. The molecule has 0 N–H and O–H groups in total. The number of ether oxygens (including phenoxy) is 1. The van der Waals surface area contributed by atoms with E-state index in [1.807, 2.05) is 31.2 Å². The van der Waals surface area contributed by atoms with Gasteiger partial charge in [0, 0.05) is 16.9 Å². The molecule has 1 aromatic carbocycles. The summed E-state index contributed by atoms with van der Waals surface area (Å²) < 4.78 is 17.7. The highest BCUT2D eigenvalue weighted by Gasteiger charge is 2.75. The summed E-state index contributed by atoms with van der Waals surface area (Å²) in [6.07, 6.45) is 5.94. The Balaban J connectivity index is 1.97. The first-order chi connectivity index (χ1) is 11.9. The minimum absolute atomic E-state index is 0.0175. The predicted molar refractivity (Wildman–Crippen MR) is 94.3 cm³/mol. The van der Waals surface area contributed by atoms with Crippen LogP contribution in [0, 0.1) is 24.2 Å². The first-order valence-corrected chi connectivity index (χ1v) is 9.54. The molecule has 0 heterocycles. The molecule has 3 aliphatic carbocycles. The third-order valence-corrected chi connectivity index (χ3v) is 8.40. The van der Waals surface area contributed by atoms with E-state index in [4.69, 9.17) is 4.74 Å². The van der Waals surface area contributed by atoms with Crippen molar-refractivity contribution in [3.63, 3.8) is 0 Å². The van der Waals surface area contributed by atoms with Gasteiger partial charge in [0.2, 0.25) is 5.78 Å². The van der Waals surface area contributed by atoms with Crippen molar-refractivity contribution in [2.24, 2.45) is 17.3 Å². The number of hydrogen-bond donors (Lipinski definition) is 0. The van der Waals surface area contributed by atoms with Gasteiger partial charge in [0.15, 0.2) is 11.5 Å². The van der Waals surface area contributed by atoms with E-state index in [-0.39, 0.29) is 29.2 Å². The molecule has 0 aliphatic heterocycles. The van der Waals surface area contributed by atoms with Crippen molar-refractivity contribution in [3.8, 4) is 0 Å². The molecule has 2 bridgehead atoms. The Morgan fingerprint density at radius 3 is 2.40 bits per heavy atom. The fraction of sp³-hybridized carbons (Fsp3) is 0.400. The highest BCUT2D eigenvalue weighted by molar-refractivity contribution is 7.87. The van der Waals surface area contributed by atoms with Crippen LogP contribution in [0.5, 0.6) is 0 Å². The smallest absolute Gasteiger partial charge is 0.218 e. The fourth-order valence-corrected chi connectivity index (χ4v) is 6.90. The van der Waals surface area contributed by atoms with E-state index in [0.717, 1.165) is 5.56 Å². The van der Waals surface area contributed by atoms with Gasteiger partial charge in [0.1, 0.15) is 4.75 Å². The molecule has 0 radical (unpaired) electrons. The number of aryl methyl sites for hydroxylation is 1. The summed E-state index contributed by atoms with van der Waals surface area (Å²) in [6, 6.07) is 7.34. The lowest BCUT2D eigenvalue weighted by Crippen LogP contribution is -2.64. The van der Waals surface area contributed by atoms with Gasteiger partial charge in [0.05, 0.1) is 23.3 Å². The molecule has 0 spiro atoms. The molecule has 1 fully saturated rings. The second-order valence-electron chi connectivity index (χ2n) is 7.26. The molecule has 1 saturated carbocycles. The van der Waals surface area contributed by atoms with Crippen molar-refractivity contribution in [2.45, 2.75) is 29.9 Å². The zero-order valence-electron chi connectivity index (χ0n) is 14.4. The van der Waals surface area contributed by atoms with Crippen molar-refractivity contribution in [2.75, 3.05) is 7.11 Å². The highest BCUT2D eigenvalue weighted by Crippen LogP contribution is 2.64. The van der Waals surface area contributed by atoms with Gasteiger partial charge in [-0.25, -0.2) is 0 Å². The van der Waals surface area contributed by atoms with Crippen LogP contribution in [0.3, 0.4) is 0 Å². The Labute approximate surface area is 149 Å². The van der Waals surface area contributed by atoms with E-state index in [1.54, 1.807) is 19.1 Å². The molecular weight excluding hydrogens is 336 g/mol. The van der Waals surface area contributed by atoms with Crippen LogP contribution in [0.2, 0.25) is 0 Å². The van der Waals surface area contributed by atoms with Crippen LogP contribution >= 0.6 is 0 Å². The molecule has 0 unspecified atom stereocenters. The van der Waals surface area contributed by atoms with Crippen LogP contribution in [-0.4, -0.2) is 27.6 Å². The summed E-state index contributed by atoms with van der Waals surface area (Å²) in [7, 11) is -0.279. The fourth-order valence-electron chi connectivity index (χ4n) is 4.79. The highest BCUT2D eigenvalue weighted by atomic mass is 32.2. The number of ketones is 2. The van der Waals surface area contributed by atoms with Crippen molar-refractivity contribution >= 4 is 22.4 Å². The van der Waals surface area contributed by atoms with Gasteiger partial charge >= 0.3 is 0 Å². The molecule has 0 aromatic heterocycles. The van der Waals surface area contributed by atoms with E-state index >= 15 is 0 Å². The number of Topliss-reactive ketones (excluding diaryl/α,β-unsaturated/α-hetero) is 1. The van der Waals surface area contributed by atoms with Gasteiger partial charge in [0.25, 0.3) is 0 Å². The standard InChI is InChI=1S/C20H20O4S/c1-12-4-8-15(9-5-12)25(23)20-14-7-6-13(10-14)19(20,2)17(21)11-16(24-3)18(20)22/h4-9,11,13-14H,10H2,1-3H3/t13-,14+,19+,20+,25+/m1/s1. The molecule has 0 saturated heterocycles. The summed E-state index contributed by atoms with van der Waals surface area (Å²) >= 11 is 0. The lowest BCUT2D eigenvalue weighted by molar-refractivity contribution is -0.136. The number of carbonyl (C=O) groups excluding carboxylic acids is 2. The topological polar surface area (TPSA) is 60.4 Å². The summed E-state index contributed by atoms with van der Waals surface area (Å²) in [6.45, 7) is 3.76. The lowest BCUT2D eigenvalue weighted by Gasteiger charge is -2.48. The maximum atomic E-state index is 13.7. The van der Waals surface area contributed by atoms with Gasteiger partial charge in [-0.3, -0.25) is 13.8 Å². The van der Waals surface area contributed by atoms with Crippen LogP contribution in [-0.2, 0) is 25.1 Å². The van der Waals surface area contributed by atoms with Crippen LogP contribution in [0.4, 0.5) is 0 Å². The van der Waals surface area contributed by atoms with Crippen molar-refractivity contribution in [1.29, 1.82) is 0 Å². The molecule has 5 atom stereocenters. The second-order valence-corrected chi connectivity index (χ2v) is 8.91. The first kappa shape index (κ1) is 16.5. The number of benzene rings is 1. The molecule has 5 heteroatoms. The van der Waals surface area contributed by atoms with Crippen LogP contribution < -0.4 is 0 Å². The van der Waals surface area contributed by atoms with Crippen molar-refractivity contribution < 1.29 is 18.5 Å².